The van der Waals surface area contributed by atoms with E-state index < -0.39 is 28.7 Å². The van der Waals surface area contributed by atoms with Crippen molar-refractivity contribution in [2.45, 2.75) is 71.9 Å². The van der Waals surface area contributed by atoms with E-state index in [1.54, 1.807) is 35.4 Å². The lowest BCUT2D eigenvalue weighted by molar-refractivity contribution is -0.133. The molecule has 51 heavy (non-hydrogen) atoms. The van der Waals surface area contributed by atoms with E-state index in [4.69, 9.17) is 14.5 Å². The van der Waals surface area contributed by atoms with Crippen molar-refractivity contribution in [2.24, 2.45) is 5.41 Å². The van der Waals surface area contributed by atoms with Crippen molar-refractivity contribution in [3.8, 4) is 22.1 Å². The molecule has 3 heterocycles. The lowest BCUT2D eigenvalue weighted by Gasteiger charge is -2.27. The first-order valence-electron chi connectivity index (χ1n) is 16.9. The van der Waals surface area contributed by atoms with Gasteiger partial charge in [0.15, 0.2) is 23.1 Å². The molecule has 0 N–H and O–H groups in total. The summed E-state index contributed by atoms with van der Waals surface area (Å²) >= 11 is 1.41. The average molecular weight is 712 g/mol. The Kier molecular flexibility index (Phi) is 10.3. The van der Waals surface area contributed by atoms with Gasteiger partial charge in [0.25, 0.3) is 0 Å². The number of hydrogen-bond donors (Lipinski definition) is 0. The number of thiophene rings is 1. The zero-order valence-corrected chi connectivity index (χ0v) is 29.8. The number of aromatic nitrogens is 2. The molecule has 0 spiro atoms. The third-order valence-electron chi connectivity index (χ3n) is 8.61. The Morgan fingerprint density at radius 2 is 1.61 bits per heavy atom. The Morgan fingerprint density at radius 3 is 2.27 bits per heavy atom. The molecule has 0 aliphatic heterocycles. The Bertz CT molecular complexity index is 2090. The molecule has 0 unspecified atom stereocenters. The van der Waals surface area contributed by atoms with Gasteiger partial charge in [0.1, 0.15) is 17.2 Å². The number of hydrogen-bond acceptors (Lipinski definition) is 8. The van der Waals surface area contributed by atoms with E-state index in [0.717, 1.165) is 11.3 Å². The first-order valence-corrected chi connectivity index (χ1v) is 17.8. The molecule has 0 bridgehead atoms. The highest BCUT2D eigenvalue weighted by Gasteiger charge is 2.54. The maximum Gasteiger partial charge on any atom is 0.410 e. The molecule has 3 aromatic heterocycles. The molecule has 8 nitrogen and oxygen atoms in total. The van der Waals surface area contributed by atoms with Crippen molar-refractivity contribution in [3.05, 3.63) is 107 Å². The van der Waals surface area contributed by atoms with Gasteiger partial charge in [-0.15, -0.1) is 11.3 Å². The van der Waals surface area contributed by atoms with Crippen LogP contribution in [0.15, 0.2) is 79.0 Å². The van der Waals surface area contributed by atoms with Crippen LogP contribution >= 0.6 is 11.3 Å². The molecule has 1 fully saturated rings. The summed E-state index contributed by atoms with van der Waals surface area (Å²) in [4.78, 5) is 50.9. The predicted octanol–water partition coefficient (Wildman–Crippen LogP) is 9.28. The zero-order chi connectivity index (χ0) is 36.3. The minimum absolute atomic E-state index is 0.0135. The van der Waals surface area contributed by atoms with Crippen LogP contribution in [0.5, 0.6) is 11.5 Å². The normalized spacial score (nSPS) is 13.5. The monoisotopic (exact) mass is 711 g/mol. The molecule has 1 aliphatic carbocycles. The highest BCUT2D eigenvalue weighted by molar-refractivity contribution is 7.22. The molecule has 5 aromatic rings. The van der Waals surface area contributed by atoms with Gasteiger partial charge < -0.3 is 14.4 Å². The number of fused-ring (bicyclic) bond motifs is 1. The van der Waals surface area contributed by atoms with Gasteiger partial charge in [-0.3, -0.25) is 19.6 Å². The summed E-state index contributed by atoms with van der Waals surface area (Å²) in [5.41, 5.74) is 1.48. The number of amides is 1. The van der Waals surface area contributed by atoms with Gasteiger partial charge in [-0.2, -0.15) is 0 Å². The van der Waals surface area contributed by atoms with Gasteiger partial charge >= 0.3 is 6.09 Å². The van der Waals surface area contributed by atoms with Crippen molar-refractivity contribution in [1.29, 1.82) is 0 Å². The van der Waals surface area contributed by atoms with Crippen molar-refractivity contribution >= 4 is 39.2 Å². The van der Waals surface area contributed by atoms with Gasteiger partial charge in [0, 0.05) is 31.6 Å². The molecule has 6 rings (SSSR count). The van der Waals surface area contributed by atoms with Crippen LogP contribution < -0.4 is 4.74 Å². The molecular formula is C40H39F2N3O5S. The second-order valence-electron chi connectivity index (χ2n) is 13.8. The van der Waals surface area contributed by atoms with Gasteiger partial charge in [0.05, 0.1) is 38.4 Å². The van der Waals surface area contributed by atoms with Crippen LogP contribution in [0.2, 0.25) is 0 Å². The van der Waals surface area contributed by atoms with Crippen molar-refractivity contribution in [1.82, 2.24) is 14.9 Å². The summed E-state index contributed by atoms with van der Waals surface area (Å²) in [6.45, 7) is 8.33. The number of carbonyl (C=O) groups excluding carboxylic acids is 3. The number of Topliss-reactive ketones (excluding diaryl/α,β-unsaturated/α-hetero) is 2. The van der Waals surface area contributed by atoms with E-state index in [1.165, 1.54) is 35.6 Å². The van der Waals surface area contributed by atoms with E-state index in [2.05, 4.69) is 4.98 Å². The Labute approximate surface area is 299 Å². The Balaban J connectivity index is 1.15. The second kappa shape index (κ2) is 14.7. The Hall–Kier alpha value is -5.03. The van der Waals surface area contributed by atoms with E-state index >= 15 is 4.39 Å². The fraction of sp³-hybridized carbons (Fsp3) is 0.325. The van der Waals surface area contributed by atoms with Crippen LogP contribution in [-0.2, 0) is 33.7 Å². The third kappa shape index (κ3) is 8.48. The minimum Gasteiger partial charge on any atom is -0.453 e. The molecule has 1 saturated carbocycles. The molecule has 1 amide bonds. The van der Waals surface area contributed by atoms with Gasteiger partial charge in [-0.25, -0.2) is 13.6 Å². The summed E-state index contributed by atoms with van der Waals surface area (Å²) in [5.74, 6) is -1.07. The lowest BCUT2D eigenvalue weighted by Crippen LogP contribution is -2.37. The molecular weight excluding hydrogens is 673 g/mol. The number of ether oxygens (including phenoxy) is 2. The van der Waals surface area contributed by atoms with E-state index in [-0.39, 0.29) is 30.2 Å². The SMILES string of the molecule is CCCN(Cc1cccc(-c2cc3nccc(Oc4ccc(CC(=O)C5(C(=O)Cc6ccc(F)cc6)CC5)cc4F)c3s2)n1)C(=O)OC(C)(C)C. The number of carbonyl (C=O) groups is 3. The van der Waals surface area contributed by atoms with Crippen LogP contribution in [0.3, 0.4) is 0 Å². The summed E-state index contributed by atoms with van der Waals surface area (Å²) in [6, 6.07) is 19.2. The van der Waals surface area contributed by atoms with Gasteiger partial charge in [0.2, 0.25) is 0 Å². The first kappa shape index (κ1) is 35.8. The van der Waals surface area contributed by atoms with Crippen LogP contribution in [0.25, 0.3) is 20.8 Å². The fourth-order valence-electron chi connectivity index (χ4n) is 5.86. The molecule has 264 valence electrons. The predicted molar refractivity (Wildman–Crippen MR) is 192 cm³/mol. The highest BCUT2D eigenvalue weighted by atomic mass is 32.1. The maximum atomic E-state index is 15.4. The smallest absolute Gasteiger partial charge is 0.410 e. The fourth-order valence-corrected chi connectivity index (χ4v) is 6.89. The van der Waals surface area contributed by atoms with E-state index in [9.17, 15) is 18.8 Å². The number of pyridine rings is 2. The summed E-state index contributed by atoms with van der Waals surface area (Å²) in [6.07, 6.45) is 2.85. The molecule has 1 aliphatic rings. The van der Waals surface area contributed by atoms with Gasteiger partial charge in [-0.1, -0.05) is 31.2 Å². The Morgan fingerprint density at radius 1 is 0.902 bits per heavy atom. The van der Waals surface area contributed by atoms with Crippen molar-refractivity contribution in [3.63, 3.8) is 0 Å². The first-order chi connectivity index (χ1) is 24.3. The number of ketones is 2. The molecule has 11 heteroatoms. The van der Waals surface area contributed by atoms with E-state index in [1.807, 2.05) is 52.0 Å². The number of rotatable bonds is 13. The topological polar surface area (TPSA) is 98.7 Å². The summed E-state index contributed by atoms with van der Waals surface area (Å²) in [7, 11) is 0. The van der Waals surface area contributed by atoms with Crippen molar-refractivity contribution < 1.29 is 32.6 Å². The summed E-state index contributed by atoms with van der Waals surface area (Å²) < 4.78 is 41.0. The highest BCUT2D eigenvalue weighted by Crippen LogP contribution is 2.49. The second-order valence-corrected chi connectivity index (χ2v) is 14.9. The molecule has 0 saturated heterocycles. The third-order valence-corrected chi connectivity index (χ3v) is 9.77. The molecule has 0 radical (unpaired) electrons. The van der Waals surface area contributed by atoms with Crippen LogP contribution in [0.1, 0.15) is 63.8 Å². The summed E-state index contributed by atoms with van der Waals surface area (Å²) in [5, 5.41) is 0. The van der Waals surface area contributed by atoms with Crippen LogP contribution in [-0.4, -0.2) is 44.7 Å². The zero-order valence-electron chi connectivity index (χ0n) is 29.0. The number of nitrogens with zero attached hydrogens (tertiary/aromatic N) is 3. The lowest BCUT2D eigenvalue weighted by atomic mass is 9.88. The molecule has 2 aromatic carbocycles. The van der Waals surface area contributed by atoms with Gasteiger partial charge in [-0.05, 0) is 93.6 Å². The minimum atomic E-state index is -1.07. The van der Waals surface area contributed by atoms with Crippen LogP contribution in [0, 0.1) is 17.0 Å². The number of halogens is 2. The number of benzene rings is 2. The quantitative estimate of drug-likeness (QED) is 0.112. The van der Waals surface area contributed by atoms with E-state index in [0.29, 0.717) is 64.4 Å². The standard InChI is InChI=1S/C40H39F2N3O5S/c1-5-19-45(38(48)50-39(2,3)4)24-28-7-6-8-30(44-28)34-23-31-37(51-34)33(15-18-43-31)49-32-14-11-26(20-29(32)42)22-36(47)40(16-17-40)35(46)21-25-9-12-27(41)13-10-25/h6-15,18,20,23H,5,16-17,19,21-22,24H2,1-4H3. The maximum absolute atomic E-state index is 15.4. The van der Waals surface area contributed by atoms with Crippen LogP contribution in [0.4, 0.5) is 13.6 Å². The average Bonchev–Trinajstić information content (AvgIpc) is 3.79. The molecule has 0 atom stereocenters. The van der Waals surface area contributed by atoms with Crippen molar-refractivity contribution in [2.75, 3.05) is 6.54 Å². The largest absolute Gasteiger partial charge is 0.453 e.